The molecule has 0 aromatic carbocycles. The van der Waals surface area contributed by atoms with Gasteiger partial charge in [-0.2, -0.15) is 0 Å². The van der Waals surface area contributed by atoms with Crippen LogP contribution in [0.2, 0.25) is 0 Å². The van der Waals surface area contributed by atoms with E-state index in [0.717, 1.165) is 51.2 Å². The minimum Gasteiger partial charge on any atom is -0.438 e. The number of rotatable bonds is 8. The number of nitrogens with one attached hydrogen (secondary N) is 1. The van der Waals surface area contributed by atoms with E-state index < -0.39 is 0 Å². The number of amides is 2. The first kappa shape index (κ1) is 20.3. The second kappa shape index (κ2) is 9.26. The van der Waals surface area contributed by atoms with E-state index in [1.165, 1.54) is 25.4 Å². The predicted molar refractivity (Wildman–Crippen MR) is 106 cm³/mol. The van der Waals surface area contributed by atoms with Crippen LogP contribution in [-0.4, -0.2) is 78.1 Å². The number of hydrogen-bond donors (Lipinski definition) is 1. The topological polar surface area (TPSA) is 87.9 Å². The maximum absolute atomic E-state index is 12.9. The summed E-state index contributed by atoms with van der Waals surface area (Å²) in [5.74, 6) is 1.02. The number of aromatic nitrogens is 1. The summed E-state index contributed by atoms with van der Waals surface area (Å²) in [4.78, 5) is 33.4. The van der Waals surface area contributed by atoms with Gasteiger partial charge in [0, 0.05) is 51.8 Å². The number of piperidine rings is 1. The fourth-order valence-corrected chi connectivity index (χ4v) is 4.65. The molecule has 1 N–H and O–H groups in total. The van der Waals surface area contributed by atoms with Gasteiger partial charge in [-0.1, -0.05) is 0 Å². The minimum atomic E-state index is -0.227. The summed E-state index contributed by atoms with van der Waals surface area (Å²) in [6, 6.07) is 0.551. The van der Waals surface area contributed by atoms with E-state index in [9.17, 15) is 9.59 Å². The average molecular weight is 405 g/mol. The van der Waals surface area contributed by atoms with Crippen LogP contribution in [0.5, 0.6) is 0 Å². The van der Waals surface area contributed by atoms with Gasteiger partial charge < -0.3 is 19.4 Å². The number of nitrogens with zero attached hydrogens (tertiary/aromatic N) is 3. The van der Waals surface area contributed by atoms with Gasteiger partial charge in [-0.3, -0.25) is 14.5 Å². The first-order valence-corrected chi connectivity index (χ1v) is 10.9. The first-order valence-electron chi connectivity index (χ1n) is 10.9. The Labute approximate surface area is 172 Å². The summed E-state index contributed by atoms with van der Waals surface area (Å²) in [5.41, 5.74) is 0. The van der Waals surface area contributed by atoms with E-state index in [1.807, 2.05) is 4.90 Å². The van der Waals surface area contributed by atoms with Gasteiger partial charge in [-0.25, -0.2) is 4.98 Å². The van der Waals surface area contributed by atoms with Crippen LogP contribution in [-0.2, 0) is 9.53 Å². The number of likely N-dealkylation sites (tertiary alicyclic amines) is 2. The second-order valence-electron chi connectivity index (χ2n) is 8.62. The maximum atomic E-state index is 12.9. The first-order chi connectivity index (χ1) is 14.1. The highest BCUT2D eigenvalue weighted by atomic mass is 16.5. The molecule has 3 aliphatic rings. The van der Waals surface area contributed by atoms with Gasteiger partial charge >= 0.3 is 0 Å². The number of carbonyl (C=O) groups excluding carboxylic acids is 2. The summed E-state index contributed by atoms with van der Waals surface area (Å²) in [6.45, 7) is 3.20. The van der Waals surface area contributed by atoms with E-state index in [4.69, 9.17) is 9.15 Å². The van der Waals surface area contributed by atoms with Crippen LogP contribution in [0.1, 0.15) is 55.5 Å². The molecular weight excluding hydrogens is 372 g/mol. The zero-order valence-corrected chi connectivity index (χ0v) is 17.2. The van der Waals surface area contributed by atoms with Crippen molar-refractivity contribution in [2.45, 2.75) is 63.1 Å². The molecule has 3 heterocycles. The molecule has 0 radical (unpaired) electrons. The van der Waals surface area contributed by atoms with Crippen molar-refractivity contribution in [2.24, 2.45) is 5.92 Å². The Bertz CT molecular complexity index is 683. The third kappa shape index (κ3) is 5.17. The van der Waals surface area contributed by atoms with Gasteiger partial charge in [0.2, 0.25) is 11.7 Å². The third-order valence-corrected chi connectivity index (χ3v) is 6.63. The Hall–Kier alpha value is -1.93. The van der Waals surface area contributed by atoms with Crippen LogP contribution >= 0.6 is 0 Å². The van der Waals surface area contributed by atoms with Crippen molar-refractivity contribution < 1.29 is 18.7 Å². The summed E-state index contributed by atoms with van der Waals surface area (Å²) in [6.07, 6.45) is 9.98. The van der Waals surface area contributed by atoms with E-state index in [0.29, 0.717) is 13.0 Å². The lowest BCUT2D eigenvalue weighted by Gasteiger charge is -2.34. The Morgan fingerprint density at radius 3 is 2.59 bits per heavy atom. The molecular formula is C21H32N4O4. The molecule has 1 saturated carbocycles. The van der Waals surface area contributed by atoms with Crippen LogP contribution in [0.3, 0.4) is 0 Å². The maximum Gasteiger partial charge on any atom is 0.288 e. The van der Waals surface area contributed by atoms with Crippen LogP contribution < -0.4 is 5.32 Å². The highest BCUT2D eigenvalue weighted by Crippen LogP contribution is 2.35. The second-order valence-corrected chi connectivity index (χ2v) is 8.62. The van der Waals surface area contributed by atoms with Gasteiger partial charge in [0.05, 0.1) is 12.3 Å². The summed E-state index contributed by atoms with van der Waals surface area (Å²) >= 11 is 0. The molecule has 0 spiro atoms. The van der Waals surface area contributed by atoms with Crippen molar-refractivity contribution in [3.8, 4) is 0 Å². The Morgan fingerprint density at radius 2 is 1.93 bits per heavy atom. The molecule has 0 bridgehead atoms. The molecule has 8 heteroatoms. The zero-order valence-electron chi connectivity index (χ0n) is 17.2. The van der Waals surface area contributed by atoms with Crippen LogP contribution in [0.15, 0.2) is 17.0 Å². The summed E-state index contributed by atoms with van der Waals surface area (Å²) in [5, 5.41) is 2.98. The number of ether oxygens (including phenoxy) is 1. The highest BCUT2D eigenvalue weighted by Gasteiger charge is 2.39. The molecule has 2 amide bonds. The minimum absolute atomic E-state index is 0.227. The standard InChI is InChI=1S/C21H32N4O4/c1-28-18-6-8-24(9-7-18)20(26)10-16-4-5-17(25(16)13-15-2-3-15)11-23-21(27)19-12-22-14-29-19/h12,14-18H,2-11,13H2,1H3,(H,23,27)/t16-,17+/m1/s1. The number of hydrogen-bond acceptors (Lipinski definition) is 6. The van der Waals surface area contributed by atoms with Crippen molar-refractivity contribution in [1.29, 1.82) is 0 Å². The predicted octanol–water partition coefficient (Wildman–Crippen LogP) is 1.67. The molecule has 1 aliphatic carbocycles. The lowest BCUT2D eigenvalue weighted by Crippen LogP contribution is -2.47. The van der Waals surface area contributed by atoms with Gasteiger partial charge in [-0.05, 0) is 44.4 Å². The molecule has 29 heavy (non-hydrogen) atoms. The van der Waals surface area contributed by atoms with E-state index in [2.05, 4.69) is 15.2 Å². The van der Waals surface area contributed by atoms with Gasteiger partial charge in [0.25, 0.3) is 5.91 Å². The van der Waals surface area contributed by atoms with Crippen LogP contribution in [0, 0.1) is 5.92 Å². The Balaban J connectivity index is 1.30. The van der Waals surface area contributed by atoms with Crippen molar-refractivity contribution in [1.82, 2.24) is 20.1 Å². The molecule has 4 rings (SSSR count). The summed E-state index contributed by atoms with van der Waals surface area (Å²) < 4.78 is 10.5. The van der Waals surface area contributed by atoms with Gasteiger partial charge in [0.15, 0.2) is 6.39 Å². The molecule has 160 valence electrons. The smallest absolute Gasteiger partial charge is 0.288 e. The molecule has 2 aliphatic heterocycles. The quantitative estimate of drug-likeness (QED) is 0.709. The monoisotopic (exact) mass is 404 g/mol. The molecule has 3 fully saturated rings. The fraction of sp³-hybridized carbons (Fsp3) is 0.762. The van der Waals surface area contributed by atoms with E-state index in [-0.39, 0.29) is 35.8 Å². The highest BCUT2D eigenvalue weighted by molar-refractivity contribution is 5.91. The van der Waals surface area contributed by atoms with Crippen molar-refractivity contribution >= 4 is 11.8 Å². The lowest BCUT2D eigenvalue weighted by molar-refractivity contribution is -0.134. The lowest BCUT2D eigenvalue weighted by atomic mass is 10.1. The number of carbonyl (C=O) groups is 2. The molecule has 1 aromatic heterocycles. The molecule has 2 saturated heterocycles. The largest absolute Gasteiger partial charge is 0.438 e. The Kier molecular flexibility index (Phi) is 6.50. The molecule has 8 nitrogen and oxygen atoms in total. The number of methoxy groups -OCH3 is 1. The van der Waals surface area contributed by atoms with Gasteiger partial charge in [-0.15, -0.1) is 0 Å². The summed E-state index contributed by atoms with van der Waals surface area (Å²) in [7, 11) is 1.75. The molecule has 1 aromatic rings. The number of oxazole rings is 1. The van der Waals surface area contributed by atoms with Crippen molar-refractivity contribution in [2.75, 3.05) is 33.3 Å². The van der Waals surface area contributed by atoms with E-state index >= 15 is 0 Å². The van der Waals surface area contributed by atoms with Crippen molar-refractivity contribution in [3.05, 3.63) is 18.4 Å². The zero-order chi connectivity index (χ0) is 20.2. The van der Waals surface area contributed by atoms with Crippen molar-refractivity contribution in [3.63, 3.8) is 0 Å². The average Bonchev–Trinajstić information content (AvgIpc) is 3.24. The van der Waals surface area contributed by atoms with Crippen LogP contribution in [0.4, 0.5) is 0 Å². The Morgan fingerprint density at radius 1 is 1.17 bits per heavy atom. The normalized spacial score (nSPS) is 26.0. The third-order valence-electron chi connectivity index (χ3n) is 6.63. The fourth-order valence-electron chi connectivity index (χ4n) is 4.65. The molecule has 0 unspecified atom stereocenters. The van der Waals surface area contributed by atoms with Crippen LogP contribution in [0.25, 0.3) is 0 Å². The SMILES string of the molecule is COC1CCN(C(=O)C[C@H]2CC[C@@H](CNC(=O)c3cnco3)N2CC2CC2)CC1. The molecule has 2 atom stereocenters. The van der Waals surface area contributed by atoms with Gasteiger partial charge in [0.1, 0.15) is 0 Å². The van der Waals surface area contributed by atoms with E-state index in [1.54, 1.807) is 7.11 Å².